The lowest BCUT2D eigenvalue weighted by Gasteiger charge is -2.36. The van der Waals surface area contributed by atoms with Crippen molar-refractivity contribution in [2.45, 2.75) is 13.3 Å². The van der Waals surface area contributed by atoms with E-state index in [2.05, 4.69) is 39.0 Å². The Morgan fingerprint density at radius 1 is 1.00 bits per heavy atom. The van der Waals surface area contributed by atoms with Crippen LogP contribution in [0.1, 0.15) is 23.0 Å². The van der Waals surface area contributed by atoms with E-state index >= 15 is 0 Å². The van der Waals surface area contributed by atoms with Gasteiger partial charge in [0.15, 0.2) is 11.5 Å². The summed E-state index contributed by atoms with van der Waals surface area (Å²) in [5.41, 5.74) is 3.59. The van der Waals surface area contributed by atoms with Crippen LogP contribution in [0.4, 0.5) is 5.69 Å². The van der Waals surface area contributed by atoms with E-state index in [1.807, 2.05) is 25.1 Å². The molecule has 0 atom stereocenters. The molecule has 1 fully saturated rings. The summed E-state index contributed by atoms with van der Waals surface area (Å²) < 4.78 is 16.2. The van der Waals surface area contributed by atoms with Crippen LogP contribution >= 0.6 is 0 Å². The summed E-state index contributed by atoms with van der Waals surface area (Å²) in [6.07, 6.45) is 0.745. The molecule has 2 aromatic carbocycles. The van der Waals surface area contributed by atoms with E-state index in [1.54, 1.807) is 14.2 Å². The number of ether oxygens (including phenoxy) is 3. The van der Waals surface area contributed by atoms with Crippen molar-refractivity contribution in [3.63, 3.8) is 0 Å². The number of esters is 1. The normalized spacial score (nSPS) is 14.5. The molecule has 0 spiro atoms. The van der Waals surface area contributed by atoms with Crippen molar-refractivity contribution in [2.24, 2.45) is 0 Å². The van der Waals surface area contributed by atoms with Gasteiger partial charge in [0.25, 0.3) is 0 Å². The second-order valence-corrected chi connectivity index (χ2v) is 7.87. The number of para-hydroxylation sites is 1. The van der Waals surface area contributed by atoms with E-state index in [4.69, 9.17) is 14.2 Å². The van der Waals surface area contributed by atoms with Gasteiger partial charge in [0, 0.05) is 49.9 Å². The van der Waals surface area contributed by atoms with Crippen LogP contribution in [-0.4, -0.2) is 69.4 Å². The number of nitrogens with zero attached hydrogens (tertiary/aromatic N) is 2. The number of aromatic amines is 1. The number of fused-ring (bicyclic) bond motifs is 1. The van der Waals surface area contributed by atoms with Crippen molar-refractivity contribution in [3.05, 3.63) is 53.7 Å². The molecule has 0 radical (unpaired) electrons. The van der Waals surface area contributed by atoms with E-state index in [0.29, 0.717) is 23.8 Å². The Morgan fingerprint density at radius 3 is 2.34 bits per heavy atom. The van der Waals surface area contributed by atoms with Gasteiger partial charge in [-0.05, 0) is 37.1 Å². The summed E-state index contributed by atoms with van der Waals surface area (Å²) in [5, 5.41) is 0.966. The summed E-state index contributed by atoms with van der Waals surface area (Å²) >= 11 is 0. The zero-order chi connectivity index (χ0) is 22.5. The topological polar surface area (TPSA) is 67.0 Å². The van der Waals surface area contributed by atoms with Crippen LogP contribution in [0, 0.1) is 0 Å². The standard InChI is InChI=1S/C25H31N3O4/c1-4-32-25(29)24-19(20-16-22(30-2)23(31-3)17-21(20)26-24)10-11-27-12-14-28(15-13-27)18-8-6-5-7-9-18/h5-9,16-17,26H,4,10-15H2,1-3H3. The van der Waals surface area contributed by atoms with Gasteiger partial charge in [-0.3, -0.25) is 4.90 Å². The third-order valence-corrected chi connectivity index (χ3v) is 6.06. The number of nitrogens with one attached hydrogen (secondary N) is 1. The number of methoxy groups -OCH3 is 2. The van der Waals surface area contributed by atoms with E-state index in [1.165, 1.54) is 5.69 Å². The largest absolute Gasteiger partial charge is 0.493 e. The Kier molecular flexibility index (Phi) is 6.85. The minimum atomic E-state index is -0.328. The van der Waals surface area contributed by atoms with Gasteiger partial charge >= 0.3 is 5.97 Å². The van der Waals surface area contributed by atoms with Gasteiger partial charge < -0.3 is 24.1 Å². The quantitative estimate of drug-likeness (QED) is 0.542. The number of benzene rings is 2. The molecule has 4 rings (SSSR count). The molecule has 32 heavy (non-hydrogen) atoms. The number of aromatic nitrogens is 1. The average Bonchev–Trinajstić information content (AvgIpc) is 3.20. The third kappa shape index (κ3) is 4.53. The molecule has 1 saturated heterocycles. The second kappa shape index (κ2) is 9.96. The predicted octanol–water partition coefficient (Wildman–Crippen LogP) is 3.73. The second-order valence-electron chi connectivity index (χ2n) is 7.87. The summed E-state index contributed by atoms with van der Waals surface area (Å²) in [6, 6.07) is 14.4. The lowest BCUT2D eigenvalue weighted by Crippen LogP contribution is -2.47. The van der Waals surface area contributed by atoms with Crippen LogP contribution in [0.15, 0.2) is 42.5 Å². The van der Waals surface area contributed by atoms with Crippen molar-refractivity contribution in [1.29, 1.82) is 0 Å². The number of hydrogen-bond acceptors (Lipinski definition) is 6. The maximum atomic E-state index is 12.7. The van der Waals surface area contributed by atoms with E-state index < -0.39 is 0 Å². The maximum Gasteiger partial charge on any atom is 0.355 e. The van der Waals surface area contributed by atoms with Crippen molar-refractivity contribution in [1.82, 2.24) is 9.88 Å². The van der Waals surface area contributed by atoms with Crippen molar-refractivity contribution >= 4 is 22.6 Å². The molecule has 0 aliphatic carbocycles. The number of carbonyl (C=O) groups is 1. The van der Waals surface area contributed by atoms with E-state index in [9.17, 15) is 4.79 Å². The van der Waals surface area contributed by atoms with Crippen LogP contribution in [0.5, 0.6) is 11.5 Å². The fraction of sp³-hybridized carbons (Fsp3) is 0.400. The zero-order valence-corrected chi connectivity index (χ0v) is 19.0. The zero-order valence-electron chi connectivity index (χ0n) is 19.0. The van der Waals surface area contributed by atoms with Crippen LogP contribution in [0.25, 0.3) is 10.9 Å². The molecule has 2 heterocycles. The Labute approximate surface area is 188 Å². The Bertz CT molecular complexity index is 1060. The molecular formula is C25H31N3O4. The third-order valence-electron chi connectivity index (χ3n) is 6.06. The smallest absolute Gasteiger partial charge is 0.355 e. The summed E-state index contributed by atoms with van der Waals surface area (Å²) in [7, 11) is 3.23. The van der Waals surface area contributed by atoms with E-state index in [-0.39, 0.29) is 5.97 Å². The number of hydrogen-bond donors (Lipinski definition) is 1. The first-order valence-corrected chi connectivity index (χ1v) is 11.1. The predicted molar refractivity (Wildman–Crippen MR) is 126 cm³/mol. The Balaban J connectivity index is 1.52. The molecule has 1 aromatic heterocycles. The minimum Gasteiger partial charge on any atom is -0.493 e. The summed E-state index contributed by atoms with van der Waals surface area (Å²) in [4.78, 5) is 20.8. The van der Waals surface area contributed by atoms with Gasteiger partial charge in [0.2, 0.25) is 0 Å². The first kappa shape index (κ1) is 22.0. The van der Waals surface area contributed by atoms with Crippen LogP contribution in [0.3, 0.4) is 0 Å². The SMILES string of the molecule is CCOC(=O)c1[nH]c2cc(OC)c(OC)cc2c1CCN1CCN(c2ccccc2)CC1. The molecule has 1 aliphatic rings. The van der Waals surface area contributed by atoms with Gasteiger partial charge in [-0.1, -0.05) is 18.2 Å². The number of H-pyrrole nitrogens is 1. The number of piperazine rings is 1. The Morgan fingerprint density at radius 2 is 1.69 bits per heavy atom. The van der Waals surface area contributed by atoms with Gasteiger partial charge in [0.05, 0.1) is 26.3 Å². The van der Waals surface area contributed by atoms with Crippen LogP contribution < -0.4 is 14.4 Å². The van der Waals surface area contributed by atoms with Crippen molar-refractivity contribution < 1.29 is 19.0 Å². The number of anilines is 1. The molecule has 170 valence electrons. The molecule has 3 aromatic rings. The van der Waals surface area contributed by atoms with Gasteiger partial charge in [-0.25, -0.2) is 4.79 Å². The fourth-order valence-corrected chi connectivity index (χ4v) is 4.35. The molecule has 0 amide bonds. The maximum absolute atomic E-state index is 12.7. The minimum absolute atomic E-state index is 0.328. The highest BCUT2D eigenvalue weighted by Gasteiger charge is 2.23. The molecule has 0 unspecified atom stereocenters. The summed E-state index contributed by atoms with van der Waals surface area (Å²) in [6.45, 7) is 6.99. The highest BCUT2D eigenvalue weighted by molar-refractivity contribution is 5.99. The average molecular weight is 438 g/mol. The van der Waals surface area contributed by atoms with E-state index in [0.717, 1.165) is 55.6 Å². The molecule has 0 bridgehead atoms. The van der Waals surface area contributed by atoms with Gasteiger partial charge in [-0.2, -0.15) is 0 Å². The molecule has 7 nitrogen and oxygen atoms in total. The molecule has 7 heteroatoms. The molecular weight excluding hydrogens is 406 g/mol. The highest BCUT2D eigenvalue weighted by atomic mass is 16.5. The fourth-order valence-electron chi connectivity index (χ4n) is 4.35. The molecule has 0 saturated carbocycles. The van der Waals surface area contributed by atoms with Gasteiger partial charge in [0.1, 0.15) is 5.69 Å². The number of rotatable bonds is 8. The Hall–Kier alpha value is -3.19. The lowest BCUT2D eigenvalue weighted by molar-refractivity contribution is 0.0519. The van der Waals surface area contributed by atoms with Crippen molar-refractivity contribution in [2.75, 3.05) is 58.5 Å². The van der Waals surface area contributed by atoms with Crippen LogP contribution in [-0.2, 0) is 11.2 Å². The van der Waals surface area contributed by atoms with Gasteiger partial charge in [-0.15, -0.1) is 0 Å². The first-order chi connectivity index (χ1) is 15.6. The lowest BCUT2D eigenvalue weighted by atomic mass is 10.1. The first-order valence-electron chi connectivity index (χ1n) is 11.1. The molecule has 1 aliphatic heterocycles. The number of carbonyl (C=O) groups excluding carboxylic acids is 1. The summed E-state index contributed by atoms with van der Waals surface area (Å²) in [5.74, 6) is 0.943. The monoisotopic (exact) mass is 437 g/mol. The van der Waals surface area contributed by atoms with Crippen LogP contribution in [0.2, 0.25) is 0 Å². The molecule has 1 N–H and O–H groups in total. The highest BCUT2D eigenvalue weighted by Crippen LogP contribution is 2.35. The van der Waals surface area contributed by atoms with Crippen molar-refractivity contribution in [3.8, 4) is 11.5 Å².